The molecular formula is C8H6Br2N2. The number of halogens is 2. The van der Waals surface area contributed by atoms with Crippen LogP contribution < -0.4 is 0 Å². The van der Waals surface area contributed by atoms with Crippen LogP contribution in [0.5, 0.6) is 0 Å². The van der Waals surface area contributed by atoms with E-state index in [2.05, 4.69) is 41.8 Å². The number of hydrogen-bond donors (Lipinski definition) is 1. The first-order valence-electron chi connectivity index (χ1n) is 3.49. The Morgan fingerprint density at radius 1 is 1.33 bits per heavy atom. The quantitative estimate of drug-likeness (QED) is 0.791. The molecular weight excluding hydrogens is 284 g/mol. The lowest BCUT2D eigenvalue weighted by Gasteiger charge is -1.95. The highest BCUT2D eigenvalue weighted by molar-refractivity contribution is 9.11. The fourth-order valence-electron chi connectivity index (χ4n) is 1.16. The second-order valence-corrected chi connectivity index (χ2v) is 4.22. The van der Waals surface area contributed by atoms with Gasteiger partial charge in [0.25, 0.3) is 0 Å². The molecule has 1 heterocycles. The fourth-order valence-corrected chi connectivity index (χ4v) is 1.96. The lowest BCUT2D eigenvalue weighted by molar-refractivity contribution is 1.26. The molecule has 0 atom stereocenters. The fraction of sp³-hybridized carbons (Fsp3) is 0.125. The second-order valence-electron chi connectivity index (χ2n) is 2.62. The average molecular weight is 290 g/mol. The summed E-state index contributed by atoms with van der Waals surface area (Å²) < 4.78 is 1.81. The van der Waals surface area contributed by atoms with Crippen molar-refractivity contribution in [3.05, 3.63) is 26.9 Å². The molecule has 0 radical (unpaired) electrons. The molecule has 0 saturated heterocycles. The zero-order valence-corrected chi connectivity index (χ0v) is 9.53. The molecule has 4 heteroatoms. The molecule has 0 bridgehead atoms. The molecule has 0 aliphatic rings. The highest BCUT2D eigenvalue weighted by Crippen LogP contribution is 2.25. The first-order chi connectivity index (χ1) is 5.68. The van der Waals surface area contributed by atoms with Crippen LogP contribution in [0, 0.1) is 6.92 Å². The monoisotopic (exact) mass is 288 g/mol. The number of nitrogens with zero attached hydrogens (tertiary/aromatic N) is 1. The Morgan fingerprint density at radius 3 is 2.75 bits per heavy atom. The number of nitrogens with one attached hydrogen (secondary N) is 1. The summed E-state index contributed by atoms with van der Waals surface area (Å²) in [6.07, 6.45) is 0. The second kappa shape index (κ2) is 2.85. The lowest BCUT2D eigenvalue weighted by atomic mass is 10.2. The number of benzene rings is 1. The first-order valence-corrected chi connectivity index (χ1v) is 5.07. The molecule has 1 aromatic heterocycles. The van der Waals surface area contributed by atoms with Crippen molar-refractivity contribution in [2.24, 2.45) is 0 Å². The summed E-state index contributed by atoms with van der Waals surface area (Å²) in [5.74, 6) is 0. The number of imidazole rings is 1. The van der Waals surface area contributed by atoms with Gasteiger partial charge in [0.1, 0.15) is 0 Å². The van der Waals surface area contributed by atoms with Gasteiger partial charge >= 0.3 is 0 Å². The van der Waals surface area contributed by atoms with E-state index in [4.69, 9.17) is 0 Å². The first kappa shape index (κ1) is 8.26. The maximum absolute atomic E-state index is 4.30. The van der Waals surface area contributed by atoms with Crippen LogP contribution >= 0.6 is 31.9 Å². The van der Waals surface area contributed by atoms with E-state index >= 15 is 0 Å². The third kappa shape index (κ3) is 1.19. The van der Waals surface area contributed by atoms with Crippen LogP contribution in [0.25, 0.3) is 11.0 Å². The standard InChI is InChI=1S/C8H6Br2N2/c1-4-2-3-5(9)7-6(4)11-8(10)12-7/h2-3H,1H3,(H,11,12). The molecule has 12 heavy (non-hydrogen) atoms. The van der Waals surface area contributed by atoms with Gasteiger partial charge in [0.2, 0.25) is 0 Å². The summed E-state index contributed by atoms with van der Waals surface area (Å²) in [4.78, 5) is 7.43. The Bertz CT molecular complexity index is 395. The zero-order chi connectivity index (χ0) is 8.72. The molecule has 0 amide bonds. The molecule has 0 spiro atoms. The minimum absolute atomic E-state index is 0.771. The number of aromatic nitrogens is 2. The molecule has 62 valence electrons. The van der Waals surface area contributed by atoms with E-state index in [9.17, 15) is 0 Å². The summed E-state index contributed by atoms with van der Waals surface area (Å²) in [6, 6.07) is 4.06. The van der Waals surface area contributed by atoms with Crippen molar-refractivity contribution in [1.29, 1.82) is 0 Å². The van der Waals surface area contributed by atoms with Gasteiger partial charge in [0.05, 0.1) is 11.0 Å². The topological polar surface area (TPSA) is 28.7 Å². The third-order valence-corrected chi connectivity index (χ3v) is 2.80. The summed E-state index contributed by atoms with van der Waals surface area (Å²) in [7, 11) is 0. The van der Waals surface area contributed by atoms with Crippen molar-refractivity contribution in [1.82, 2.24) is 9.97 Å². The van der Waals surface area contributed by atoms with Gasteiger partial charge in [-0.1, -0.05) is 6.07 Å². The molecule has 0 aliphatic heterocycles. The largest absolute Gasteiger partial charge is 0.332 e. The molecule has 2 nitrogen and oxygen atoms in total. The van der Waals surface area contributed by atoms with Crippen LogP contribution in [0.15, 0.2) is 21.3 Å². The van der Waals surface area contributed by atoms with E-state index in [-0.39, 0.29) is 0 Å². The van der Waals surface area contributed by atoms with Gasteiger partial charge in [-0.2, -0.15) is 0 Å². The Balaban J connectivity index is 2.93. The third-order valence-electron chi connectivity index (χ3n) is 1.77. The Morgan fingerprint density at radius 2 is 2.08 bits per heavy atom. The van der Waals surface area contributed by atoms with Crippen LogP contribution in [0.3, 0.4) is 0 Å². The Hall–Kier alpha value is -0.350. The molecule has 0 fully saturated rings. The van der Waals surface area contributed by atoms with Crippen LogP contribution in [0.2, 0.25) is 0 Å². The van der Waals surface area contributed by atoms with Crippen LogP contribution in [0.1, 0.15) is 5.56 Å². The van der Waals surface area contributed by atoms with Gasteiger partial charge in [0.15, 0.2) is 4.73 Å². The van der Waals surface area contributed by atoms with Crippen LogP contribution in [0.4, 0.5) is 0 Å². The molecule has 0 aliphatic carbocycles. The average Bonchev–Trinajstić information content (AvgIpc) is 2.41. The summed E-state index contributed by atoms with van der Waals surface area (Å²) in [5.41, 5.74) is 3.23. The molecule has 1 N–H and O–H groups in total. The lowest BCUT2D eigenvalue weighted by Crippen LogP contribution is -1.76. The highest BCUT2D eigenvalue weighted by Gasteiger charge is 2.05. The number of H-pyrrole nitrogens is 1. The van der Waals surface area contributed by atoms with Crippen molar-refractivity contribution in [2.75, 3.05) is 0 Å². The molecule has 0 unspecified atom stereocenters. The smallest absolute Gasteiger partial charge is 0.175 e. The van der Waals surface area contributed by atoms with E-state index < -0.39 is 0 Å². The Labute approximate surface area is 86.6 Å². The molecule has 2 rings (SSSR count). The predicted octanol–water partition coefficient (Wildman–Crippen LogP) is 3.40. The summed E-state index contributed by atoms with van der Waals surface area (Å²) >= 11 is 6.76. The van der Waals surface area contributed by atoms with E-state index in [1.54, 1.807) is 0 Å². The van der Waals surface area contributed by atoms with E-state index in [0.717, 1.165) is 20.2 Å². The van der Waals surface area contributed by atoms with Crippen molar-refractivity contribution in [2.45, 2.75) is 6.92 Å². The minimum atomic E-state index is 0.771. The van der Waals surface area contributed by atoms with Crippen molar-refractivity contribution >= 4 is 42.9 Å². The number of fused-ring (bicyclic) bond motifs is 1. The van der Waals surface area contributed by atoms with Gasteiger partial charge in [-0.3, -0.25) is 0 Å². The SMILES string of the molecule is Cc1ccc(Br)c2[nH]c(Br)nc12. The molecule has 2 aromatic rings. The summed E-state index contributed by atoms with van der Waals surface area (Å²) in [6.45, 7) is 2.04. The summed E-state index contributed by atoms with van der Waals surface area (Å²) in [5, 5.41) is 0. The van der Waals surface area contributed by atoms with Crippen molar-refractivity contribution in [3.63, 3.8) is 0 Å². The highest BCUT2D eigenvalue weighted by atomic mass is 79.9. The maximum Gasteiger partial charge on any atom is 0.175 e. The zero-order valence-electron chi connectivity index (χ0n) is 6.36. The molecule has 0 saturated carbocycles. The number of hydrogen-bond acceptors (Lipinski definition) is 1. The van der Waals surface area contributed by atoms with E-state index in [0.29, 0.717) is 0 Å². The van der Waals surface area contributed by atoms with Gasteiger partial charge in [-0.25, -0.2) is 4.98 Å². The minimum Gasteiger partial charge on any atom is -0.332 e. The van der Waals surface area contributed by atoms with E-state index in [1.807, 2.05) is 19.1 Å². The van der Waals surface area contributed by atoms with E-state index in [1.165, 1.54) is 5.56 Å². The van der Waals surface area contributed by atoms with Crippen molar-refractivity contribution in [3.8, 4) is 0 Å². The van der Waals surface area contributed by atoms with Gasteiger partial charge in [-0.05, 0) is 50.4 Å². The molecule has 1 aromatic carbocycles. The van der Waals surface area contributed by atoms with Crippen LogP contribution in [-0.4, -0.2) is 9.97 Å². The maximum atomic E-state index is 4.30. The van der Waals surface area contributed by atoms with Crippen molar-refractivity contribution < 1.29 is 0 Å². The Kier molecular flexibility index (Phi) is 1.96. The number of rotatable bonds is 0. The van der Waals surface area contributed by atoms with Gasteiger partial charge in [-0.15, -0.1) is 0 Å². The number of aromatic amines is 1. The normalized spacial score (nSPS) is 10.9. The van der Waals surface area contributed by atoms with Crippen LogP contribution in [-0.2, 0) is 0 Å². The number of aryl methyl sites for hydroxylation is 1. The van der Waals surface area contributed by atoms with Gasteiger partial charge < -0.3 is 4.98 Å². The predicted molar refractivity (Wildman–Crippen MR) is 56.2 cm³/mol. The van der Waals surface area contributed by atoms with Gasteiger partial charge in [0, 0.05) is 4.47 Å².